The lowest BCUT2D eigenvalue weighted by atomic mass is 9.85. The molecule has 0 radical (unpaired) electrons. The number of ether oxygens (including phenoxy) is 2. The van der Waals surface area contributed by atoms with Gasteiger partial charge in [-0.3, -0.25) is 0 Å². The average molecular weight is 533 g/mol. The van der Waals surface area contributed by atoms with Gasteiger partial charge in [0.15, 0.2) is 0 Å². The highest BCUT2D eigenvalue weighted by Gasteiger charge is 2.34. The Balaban J connectivity index is 1.23. The summed E-state index contributed by atoms with van der Waals surface area (Å²) in [6.07, 6.45) is 3.20. The van der Waals surface area contributed by atoms with Crippen molar-refractivity contribution in [3.63, 3.8) is 0 Å². The second-order valence-corrected chi connectivity index (χ2v) is 11.3. The van der Waals surface area contributed by atoms with Gasteiger partial charge in [0.2, 0.25) is 0 Å². The van der Waals surface area contributed by atoms with E-state index in [0.717, 1.165) is 29.0 Å². The summed E-state index contributed by atoms with van der Waals surface area (Å²) in [6, 6.07) is 27.8. The van der Waals surface area contributed by atoms with Crippen LogP contribution in [0, 0.1) is 0 Å². The van der Waals surface area contributed by atoms with Gasteiger partial charge in [-0.1, -0.05) is 74.9 Å². The summed E-state index contributed by atoms with van der Waals surface area (Å²) >= 11 is 0. The minimum atomic E-state index is -0.0552. The zero-order valence-electron chi connectivity index (χ0n) is 23.5. The van der Waals surface area contributed by atoms with E-state index in [4.69, 9.17) is 9.47 Å². The van der Waals surface area contributed by atoms with Crippen LogP contribution in [0.4, 0.5) is 0 Å². The van der Waals surface area contributed by atoms with Crippen LogP contribution in [-0.4, -0.2) is 10.2 Å². The Morgan fingerprint density at radius 2 is 1.23 bits per heavy atom. The van der Waals surface area contributed by atoms with Gasteiger partial charge in [-0.25, -0.2) is 0 Å². The summed E-state index contributed by atoms with van der Waals surface area (Å²) in [5.74, 6) is 3.16. The minimum absolute atomic E-state index is 0.0522. The predicted molar refractivity (Wildman–Crippen MR) is 159 cm³/mol. The molecule has 40 heavy (non-hydrogen) atoms. The van der Waals surface area contributed by atoms with Crippen molar-refractivity contribution in [1.29, 1.82) is 0 Å². The second kappa shape index (κ2) is 10.4. The lowest BCUT2D eigenvalue weighted by Crippen LogP contribution is -2.07. The molecule has 5 unspecified atom stereocenters. The van der Waals surface area contributed by atoms with E-state index in [1.165, 1.54) is 27.8 Å². The first kappa shape index (κ1) is 26.1. The molecule has 6 rings (SSSR count). The summed E-state index contributed by atoms with van der Waals surface area (Å²) in [5.41, 5.74) is 8.42. The molecule has 2 heterocycles. The van der Waals surface area contributed by atoms with Gasteiger partial charge >= 0.3 is 0 Å². The molecule has 0 saturated heterocycles. The molecule has 0 aromatic heterocycles. The molecule has 4 aromatic carbocycles. The Kier molecular flexibility index (Phi) is 6.79. The van der Waals surface area contributed by atoms with E-state index in [9.17, 15) is 10.2 Å². The largest absolute Gasteiger partial charge is 0.508 e. The van der Waals surface area contributed by atoms with Gasteiger partial charge in [-0.15, -0.1) is 0 Å². The zero-order valence-corrected chi connectivity index (χ0v) is 23.5. The van der Waals surface area contributed by atoms with Gasteiger partial charge in [-0.2, -0.15) is 0 Å². The maximum absolute atomic E-state index is 9.69. The van der Waals surface area contributed by atoms with Gasteiger partial charge in [0.05, 0.1) is 0 Å². The molecule has 2 N–H and O–H groups in total. The van der Waals surface area contributed by atoms with Gasteiger partial charge < -0.3 is 19.7 Å². The second-order valence-electron chi connectivity index (χ2n) is 11.3. The third-order valence-corrected chi connectivity index (χ3v) is 8.66. The van der Waals surface area contributed by atoms with E-state index < -0.39 is 0 Å². The molecule has 5 atom stereocenters. The number of allylic oxidation sites excluding steroid dienone is 1. The molecule has 4 heteroatoms. The van der Waals surface area contributed by atoms with Crippen LogP contribution in [0.1, 0.15) is 97.5 Å². The lowest BCUT2D eigenvalue weighted by Gasteiger charge is -2.18. The van der Waals surface area contributed by atoms with Gasteiger partial charge in [-0.05, 0) is 78.1 Å². The van der Waals surface area contributed by atoms with Crippen LogP contribution in [-0.2, 0) is 0 Å². The van der Waals surface area contributed by atoms with Gasteiger partial charge in [0, 0.05) is 28.9 Å². The Morgan fingerprint density at radius 1 is 0.725 bits per heavy atom. The Labute approximate surface area is 236 Å². The van der Waals surface area contributed by atoms with Gasteiger partial charge in [0.25, 0.3) is 0 Å². The SMILES string of the molecule is CCC(C(C)=Cc1ccc2c(c1)C(C)C(c1ccc(O)cc1)O2)c1ccc2c(c1)C(C)C(c1ccc(O)cc1)O2. The van der Waals surface area contributed by atoms with Crippen molar-refractivity contribution in [3.8, 4) is 23.0 Å². The normalized spacial score (nSPS) is 22.2. The first-order valence-electron chi connectivity index (χ1n) is 14.2. The van der Waals surface area contributed by atoms with Crippen molar-refractivity contribution >= 4 is 6.08 Å². The zero-order chi connectivity index (χ0) is 28.0. The number of hydrogen-bond donors (Lipinski definition) is 2. The first-order valence-corrected chi connectivity index (χ1v) is 14.2. The third kappa shape index (κ3) is 4.72. The van der Waals surface area contributed by atoms with Crippen molar-refractivity contribution in [3.05, 3.63) is 124 Å². The maximum atomic E-state index is 9.69. The summed E-state index contributed by atoms with van der Waals surface area (Å²) in [5, 5.41) is 19.4. The molecule has 0 saturated carbocycles. The van der Waals surface area contributed by atoms with Crippen LogP contribution in [0.15, 0.2) is 90.5 Å². The van der Waals surface area contributed by atoms with Crippen LogP contribution in [0.25, 0.3) is 6.08 Å². The molecular weight excluding hydrogens is 496 g/mol. The number of rotatable bonds is 6. The highest BCUT2D eigenvalue weighted by Crippen LogP contribution is 2.48. The molecular formula is C36H36O4. The van der Waals surface area contributed by atoms with E-state index in [0.29, 0.717) is 5.92 Å². The summed E-state index contributed by atoms with van der Waals surface area (Å²) in [7, 11) is 0. The van der Waals surface area contributed by atoms with Crippen LogP contribution in [0.5, 0.6) is 23.0 Å². The fourth-order valence-corrected chi connectivity index (χ4v) is 6.40. The highest BCUT2D eigenvalue weighted by molar-refractivity contribution is 5.60. The molecule has 2 aliphatic heterocycles. The first-order chi connectivity index (χ1) is 19.3. The molecule has 0 amide bonds. The number of phenolic OH excluding ortho intramolecular Hbond substituents is 2. The van der Waals surface area contributed by atoms with E-state index in [1.54, 1.807) is 24.3 Å². The average Bonchev–Trinajstić information content (AvgIpc) is 3.46. The van der Waals surface area contributed by atoms with E-state index in [-0.39, 0.29) is 35.5 Å². The van der Waals surface area contributed by atoms with Crippen LogP contribution < -0.4 is 9.47 Å². The van der Waals surface area contributed by atoms with E-state index >= 15 is 0 Å². The van der Waals surface area contributed by atoms with E-state index in [2.05, 4.69) is 70.2 Å². The Bertz CT molecular complexity index is 1550. The van der Waals surface area contributed by atoms with Crippen molar-refractivity contribution in [2.24, 2.45) is 0 Å². The lowest BCUT2D eigenvalue weighted by molar-refractivity contribution is 0.216. The minimum Gasteiger partial charge on any atom is -0.508 e. The monoisotopic (exact) mass is 532 g/mol. The van der Waals surface area contributed by atoms with Crippen LogP contribution in [0.2, 0.25) is 0 Å². The number of aromatic hydroxyl groups is 2. The molecule has 2 aliphatic rings. The van der Waals surface area contributed by atoms with Crippen molar-refractivity contribution < 1.29 is 19.7 Å². The summed E-state index contributed by atoms with van der Waals surface area (Å²) in [6.45, 7) is 8.90. The molecule has 4 nitrogen and oxygen atoms in total. The molecule has 0 aliphatic carbocycles. The van der Waals surface area contributed by atoms with Crippen molar-refractivity contribution in [2.75, 3.05) is 0 Å². The van der Waals surface area contributed by atoms with Crippen molar-refractivity contribution in [1.82, 2.24) is 0 Å². The molecule has 0 spiro atoms. The molecule has 0 fully saturated rings. The predicted octanol–water partition coefficient (Wildman–Crippen LogP) is 9.17. The number of hydrogen-bond acceptors (Lipinski definition) is 4. The maximum Gasteiger partial charge on any atom is 0.130 e. The summed E-state index contributed by atoms with van der Waals surface area (Å²) in [4.78, 5) is 0. The quantitative estimate of drug-likeness (QED) is 0.260. The Hall–Kier alpha value is -4.18. The summed E-state index contributed by atoms with van der Waals surface area (Å²) < 4.78 is 12.7. The number of fused-ring (bicyclic) bond motifs is 2. The number of benzene rings is 4. The van der Waals surface area contributed by atoms with Crippen molar-refractivity contribution in [2.45, 2.75) is 64.1 Å². The standard InChI is InChI=1S/C36H36O4/c1-5-30(27-11-17-34-32(20-27)23(4)36(40-34)26-9-14-29(38)15-10-26)21(2)18-24-6-16-33-31(19-24)22(3)35(39-33)25-7-12-28(37)13-8-25/h6-20,22-23,30,35-38H,5H2,1-4H3. The smallest absolute Gasteiger partial charge is 0.130 e. The van der Waals surface area contributed by atoms with Crippen LogP contribution >= 0.6 is 0 Å². The number of phenols is 2. The molecule has 204 valence electrons. The van der Waals surface area contributed by atoms with Crippen LogP contribution in [0.3, 0.4) is 0 Å². The van der Waals surface area contributed by atoms with Gasteiger partial charge in [0.1, 0.15) is 35.2 Å². The molecule has 4 aromatic rings. The fraction of sp³-hybridized carbons (Fsp3) is 0.278. The fourth-order valence-electron chi connectivity index (χ4n) is 6.40. The highest BCUT2D eigenvalue weighted by atomic mass is 16.5. The Morgan fingerprint density at radius 3 is 1.75 bits per heavy atom. The third-order valence-electron chi connectivity index (χ3n) is 8.66. The topological polar surface area (TPSA) is 58.9 Å². The van der Waals surface area contributed by atoms with E-state index in [1.807, 2.05) is 24.3 Å². The molecule has 0 bridgehead atoms.